The molecule has 0 radical (unpaired) electrons. The van der Waals surface area contributed by atoms with Crippen LogP contribution in [0.25, 0.3) is 0 Å². The molecule has 0 saturated heterocycles. The molecule has 5 nitrogen and oxygen atoms in total. The number of nitrogens with one attached hydrogen (secondary N) is 1. The second-order valence-electron chi connectivity index (χ2n) is 5.09. The maximum Gasteiger partial charge on any atom is 0.265 e. The third kappa shape index (κ3) is 3.93. The van der Waals surface area contributed by atoms with Gasteiger partial charge in [0.15, 0.2) is 0 Å². The molecule has 0 spiro atoms. The average Bonchev–Trinajstić information content (AvgIpc) is 2.73. The van der Waals surface area contributed by atoms with Gasteiger partial charge < -0.3 is 0 Å². The predicted octanol–water partition coefficient (Wildman–Crippen LogP) is 3.50. The predicted molar refractivity (Wildman–Crippen MR) is 85.4 cm³/mol. The highest BCUT2D eigenvalue weighted by atomic mass is 35.5. The molecule has 1 aromatic heterocycles. The number of sulfonamides is 1. The number of hydrogen-bond acceptors (Lipinski definition) is 5. The van der Waals surface area contributed by atoms with E-state index in [1.807, 2.05) is 0 Å². The highest BCUT2D eigenvalue weighted by Crippen LogP contribution is 2.28. The number of rotatable bonds is 5. The molecule has 0 fully saturated rings. The van der Waals surface area contributed by atoms with E-state index in [4.69, 9.17) is 11.6 Å². The molecule has 0 saturated carbocycles. The van der Waals surface area contributed by atoms with Crippen LogP contribution < -0.4 is 4.72 Å². The first kappa shape index (κ1) is 16.2. The molecule has 0 atom stereocenters. The van der Waals surface area contributed by atoms with Gasteiger partial charge in [-0.05, 0) is 24.5 Å². The summed E-state index contributed by atoms with van der Waals surface area (Å²) in [6.45, 7) is 5.83. The van der Waals surface area contributed by atoms with Gasteiger partial charge in [0.2, 0.25) is 5.13 Å². The first-order valence-electron chi connectivity index (χ1n) is 6.40. The lowest BCUT2D eigenvalue weighted by Gasteiger charge is -2.09. The van der Waals surface area contributed by atoms with E-state index in [-0.39, 0.29) is 15.0 Å². The lowest BCUT2D eigenvalue weighted by Crippen LogP contribution is -2.14. The van der Waals surface area contributed by atoms with Crippen molar-refractivity contribution in [3.05, 3.63) is 33.8 Å². The second-order valence-corrected chi connectivity index (χ2v) is 8.18. The molecule has 0 aliphatic heterocycles. The fourth-order valence-electron chi connectivity index (χ4n) is 1.85. The van der Waals surface area contributed by atoms with Crippen molar-refractivity contribution in [2.75, 3.05) is 4.72 Å². The minimum Gasteiger partial charge on any atom is -0.253 e. The van der Waals surface area contributed by atoms with E-state index in [0.717, 1.165) is 11.4 Å². The first-order chi connectivity index (χ1) is 9.79. The Labute approximate surface area is 133 Å². The summed E-state index contributed by atoms with van der Waals surface area (Å²) in [5.74, 6) is 0.438. The topological polar surface area (TPSA) is 72.0 Å². The van der Waals surface area contributed by atoms with Gasteiger partial charge in [-0.3, -0.25) is 4.72 Å². The lowest BCUT2D eigenvalue weighted by atomic mass is 10.1. The van der Waals surface area contributed by atoms with Crippen LogP contribution in [-0.4, -0.2) is 18.6 Å². The molecule has 0 unspecified atom stereocenters. The summed E-state index contributed by atoms with van der Waals surface area (Å²) in [6.07, 6.45) is 0.768. The fraction of sp³-hybridized carbons (Fsp3) is 0.385. The van der Waals surface area contributed by atoms with Crippen LogP contribution in [0.2, 0.25) is 5.02 Å². The average molecular weight is 346 g/mol. The van der Waals surface area contributed by atoms with Gasteiger partial charge in [0.05, 0.1) is 5.02 Å². The minimum atomic E-state index is -3.76. The highest BCUT2D eigenvalue weighted by molar-refractivity contribution is 7.93. The van der Waals surface area contributed by atoms with Gasteiger partial charge in [0, 0.05) is 6.42 Å². The Bertz CT molecular complexity index is 721. The van der Waals surface area contributed by atoms with Crippen LogP contribution in [0.1, 0.15) is 24.4 Å². The third-order valence-corrected chi connectivity index (χ3v) is 5.66. The van der Waals surface area contributed by atoms with Gasteiger partial charge in [0.1, 0.15) is 9.90 Å². The van der Waals surface area contributed by atoms with E-state index in [1.165, 1.54) is 11.3 Å². The zero-order chi connectivity index (χ0) is 15.6. The van der Waals surface area contributed by atoms with Gasteiger partial charge in [-0.1, -0.05) is 48.9 Å². The molecule has 0 aliphatic carbocycles. The first-order valence-corrected chi connectivity index (χ1v) is 9.07. The number of nitrogens with zero attached hydrogens (tertiary/aromatic N) is 2. The molecule has 1 aromatic carbocycles. The van der Waals surface area contributed by atoms with Crippen LogP contribution in [0, 0.1) is 12.8 Å². The van der Waals surface area contributed by atoms with Gasteiger partial charge in [-0.2, -0.15) is 0 Å². The molecule has 2 rings (SSSR count). The second kappa shape index (κ2) is 6.29. The van der Waals surface area contributed by atoms with Crippen LogP contribution in [-0.2, 0) is 16.4 Å². The number of aryl methyl sites for hydroxylation is 1. The molecule has 21 heavy (non-hydrogen) atoms. The van der Waals surface area contributed by atoms with Crippen LogP contribution in [0.5, 0.6) is 0 Å². The summed E-state index contributed by atoms with van der Waals surface area (Å²) in [6, 6.07) is 4.96. The Morgan fingerprint density at radius 3 is 2.67 bits per heavy atom. The van der Waals surface area contributed by atoms with Gasteiger partial charge >= 0.3 is 0 Å². The Morgan fingerprint density at radius 2 is 2.05 bits per heavy atom. The summed E-state index contributed by atoms with van der Waals surface area (Å²) in [4.78, 5) is 0.0762. The molecular formula is C13H16ClN3O2S2. The van der Waals surface area contributed by atoms with Crippen LogP contribution in [0.15, 0.2) is 23.1 Å². The molecule has 2 aromatic rings. The van der Waals surface area contributed by atoms with Crippen molar-refractivity contribution in [1.29, 1.82) is 0 Å². The molecule has 0 bridgehead atoms. The number of halogens is 1. The summed E-state index contributed by atoms with van der Waals surface area (Å²) >= 11 is 7.24. The van der Waals surface area contributed by atoms with Gasteiger partial charge in [-0.25, -0.2) is 8.42 Å². The van der Waals surface area contributed by atoms with E-state index in [0.29, 0.717) is 11.5 Å². The number of anilines is 1. The molecular weight excluding hydrogens is 330 g/mol. The largest absolute Gasteiger partial charge is 0.265 e. The van der Waals surface area contributed by atoms with E-state index in [2.05, 4.69) is 28.8 Å². The number of aromatic nitrogens is 2. The normalized spacial score (nSPS) is 11.9. The van der Waals surface area contributed by atoms with Crippen LogP contribution >= 0.6 is 22.9 Å². The van der Waals surface area contributed by atoms with Crippen molar-refractivity contribution in [1.82, 2.24) is 10.2 Å². The molecule has 1 N–H and O–H groups in total. The zero-order valence-corrected chi connectivity index (χ0v) is 14.3. The lowest BCUT2D eigenvalue weighted by molar-refractivity contribution is 0.600. The molecule has 8 heteroatoms. The minimum absolute atomic E-state index is 0.0762. The van der Waals surface area contributed by atoms with Crippen LogP contribution in [0.3, 0.4) is 0 Å². The Hall–Kier alpha value is -1.18. The summed E-state index contributed by atoms with van der Waals surface area (Å²) in [5, 5.41) is 9.11. The van der Waals surface area contributed by atoms with Crippen LogP contribution in [0.4, 0.5) is 5.13 Å². The van der Waals surface area contributed by atoms with E-state index in [1.54, 1.807) is 25.1 Å². The number of hydrogen-bond donors (Lipinski definition) is 1. The van der Waals surface area contributed by atoms with Crippen molar-refractivity contribution in [3.8, 4) is 0 Å². The molecule has 0 amide bonds. The Balaban J connectivity index is 2.27. The molecule has 114 valence electrons. The Morgan fingerprint density at radius 1 is 1.33 bits per heavy atom. The SMILES string of the molecule is Cc1cccc(Cl)c1S(=O)(=O)Nc1nnc(CC(C)C)s1. The fourth-order valence-corrected chi connectivity index (χ4v) is 4.86. The van der Waals surface area contributed by atoms with E-state index in [9.17, 15) is 8.42 Å². The van der Waals surface area contributed by atoms with Crippen molar-refractivity contribution in [2.24, 2.45) is 5.92 Å². The van der Waals surface area contributed by atoms with Gasteiger partial charge in [0.25, 0.3) is 10.0 Å². The smallest absolute Gasteiger partial charge is 0.253 e. The van der Waals surface area contributed by atoms with Crippen molar-refractivity contribution < 1.29 is 8.42 Å². The quantitative estimate of drug-likeness (QED) is 0.900. The van der Waals surface area contributed by atoms with Crippen molar-refractivity contribution in [3.63, 3.8) is 0 Å². The zero-order valence-electron chi connectivity index (χ0n) is 11.9. The van der Waals surface area contributed by atoms with Crippen molar-refractivity contribution in [2.45, 2.75) is 32.1 Å². The van der Waals surface area contributed by atoms with Crippen molar-refractivity contribution >= 4 is 38.1 Å². The number of benzene rings is 1. The maximum atomic E-state index is 12.4. The van der Waals surface area contributed by atoms with E-state index < -0.39 is 10.0 Å². The molecule has 1 heterocycles. The highest BCUT2D eigenvalue weighted by Gasteiger charge is 2.22. The summed E-state index contributed by atoms with van der Waals surface area (Å²) in [7, 11) is -3.76. The Kier molecular flexibility index (Phi) is 4.85. The third-order valence-electron chi connectivity index (χ3n) is 2.70. The summed E-state index contributed by atoms with van der Waals surface area (Å²) in [5.41, 5.74) is 0.585. The monoisotopic (exact) mass is 345 g/mol. The molecule has 0 aliphatic rings. The maximum absolute atomic E-state index is 12.4. The standard InChI is InChI=1S/C13H16ClN3O2S2/c1-8(2)7-11-15-16-13(20-11)17-21(18,19)12-9(3)5-4-6-10(12)14/h4-6,8H,7H2,1-3H3,(H,16,17). The van der Waals surface area contributed by atoms with E-state index >= 15 is 0 Å². The van der Waals surface area contributed by atoms with Gasteiger partial charge in [-0.15, -0.1) is 10.2 Å². The summed E-state index contributed by atoms with van der Waals surface area (Å²) < 4.78 is 27.3.